The summed E-state index contributed by atoms with van der Waals surface area (Å²) in [6.45, 7) is 0. The lowest BCUT2D eigenvalue weighted by Gasteiger charge is -1.97. The van der Waals surface area contributed by atoms with Crippen molar-refractivity contribution in [3.63, 3.8) is 0 Å². The lowest BCUT2D eigenvalue weighted by atomic mass is 10.2. The second-order valence-corrected chi connectivity index (χ2v) is 4.97. The van der Waals surface area contributed by atoms with Crippen LogP contribution < -0.4 is 0 Å². The van der Waals surface area contributed by atoms with E-state index in [2.05, 4.69) is 4.98 Å². The number of carbonyl (C=O) groups is 2. The minimum Gasteiger partial charge on any atom is -0.502 e. The molecule has 0 aliphatic rings. The van der Waals surface area contributed by atoms with Crippen LogP contribution in [-0.2, 0) is 4.79 Å². The van der Waals surface area contributed by atoms with Crippen LogP contribution in [0.15, 0.2) is 64.2 Å². The second kappa shape index (κ2) is 6.12. The van der Waals surface area contributed by atoms with Gasteiger partial charge in [-0.1, -0.05) is 30.0 Å². The third-order valence-electron chi connectivity index (χ3n) is 2.38. The van der Waals surface area contributed by atoms with Crippen molar-refractivity contribution in [2.75, 3.05) is 0 Å². The first-order chi connectivity index (χ1) is 9.56. The average Bonchev–Trinajstić information content (AvgIpc) is 2.88. The summed E-state index contributed by atoms with van der Waals surface area (Å²) in [6, 6.07) is 12.9. The predicted molar refractivity (Wildman–Crippen MR) is 74.0 cm³/mol. The number of carboxylic acids is 1. The third-order valence-corrected chi connectivity index (χ3v) is 3.35. The van der Waals surface area contributed by atoms with Crippen molar-refractivity contribution in [2.24, 2.45) is 0 Å². The number of carbonyl (C=O) groups excluding carboxylic acids is 1. The maximum absolute atomic E-state index is 11.7. The number of nitrogens with one attached hydrogen (secondary N) is 1. The van der Waals surface area contributed by atoms with Gasteiger partial charge in [0.15, 0.2) is 0 Å². The maximum Gasteiger partial charge on any atom is 0.371 e. The highest BCUT2D eigenvalue weighted by molar-refractivity contribution is 7.99. The number of carboxylic acid groups (broad SMARTS) is 1. The molecule has 0 atom stereocenters. The SMILES string of the molecule is O=C(O)/C(O)=C/C(=O)c1ccc(Sc2ccccc2)[nH]1. The van der Waals surface area contributed by atoms with Crippen LogP contribution in [0.4, 0.5) is 0 Å². The summed E-state index contributed by atoms with van der Waals surface area (Å²) >= 11 is 1.44. The highest BCUT2D eigenvalue weighted by Gasteiger charge is 2.11. The molecule has 6 heteroatoms. The predicted octanol–water partition coefficient (Wildman–Crippen LogP) is 2.88. The third kappa shape index (κ3) is 3.52. The zero-order valence-corrected chi connectivity index (χ0v) is 11.1. The summed E-state index contributed by atoms with van der Waals surface area (Å²) in [6.07, 6.45) is 0.672. The normalized spacial score (nSPS) is 11.3. The minimum absolute atomic E-state index is 0.219. The largest absolute Gasteiger partial charge is 0.502 e. The molecule has 102 valence electrons. The van der Waals surface area contributed by atoms with E-state index in [0.29, 0.717) is 6.08 Å². The number of aromatic amines is 1. The van der Waals surface area contributed by atoms with Gasteiger partial charge in [0, 0.05) is 11.0 Å². The van der Waals surface area contributed by atoms with Crippen molar-refractivity contribution < 1.29 is 19.8 Å². The smallest absolute Gasteiger partial charge is 0.371 e. The molecule has 0 amide bonds. The van der Waals surface area contributed by atoms with E-state index in [4.69, 9.17) is 10.2 Å². The van der Waals surface area contributed by atoms with E-state index < -0.39 is 17.5 Å². The van der Waals surface area contributed by atoms with Gasteiger partial charge in [0.1, 0.15) is 0 Å². The van der Waals surface area contributed by atoms with Gasteiger partial charge in [0.2, 0.25) is 11.5 Å². The Morgan fingerprint density at radius 1 is 1.05 bits per heavy atom. The zero-order chi connectivity index (χ0) is 14.5. The number of H-pyrrole nitrogens is 1. The fourth-order valence-corrected chi connectivity index (χ4v) is 2.30. The van der Waals surface area contributed by atoms with E-state index in [1.165, 1.54) is 11.8 Å². The molecule has 0 saturated carbocycles. The molecule has 3 N–H and O–H groups in total. The molecule has 0 aliphatic carbocycles. The molecule has 0 spiro atoms. The monoisotopic (exact) mass is 289 g/mol. The van der Waals surface area contributed by atoms with E-state index in [9.17, 15) is 9.59 Å². The standard InChI is InChI=1S/C14H11NO4S/c16-11(8-12(17)14(18)19)10-6-7-13(15-10)20-9-4-2-1-3-5-9/h1-8,15,17H,(H,18,19)/b12-8-. The average molecular weight is 289 g/mol. The molecular weight excluding hydrogens is 278 g/mol. The van der Waals surface area contributed by atoms with Gasteiger partial charge in [-0.05, 0) is 24.3 Å². The van der Waals surface area contributed by atoms with Gasteiger partial charge in [-0.15, -0.1) is 0 Å². The highest BCUT2D eigenvalue weighted by Crippen LogP contribution is 2.26. The van der Waals surface area contributed by atoms with Crippen molar-refractivity contribution in [3.05, 3.63) is 60.0 Å². The summed E-state index contributed by atoms with van der Waals surface area (Å²) in [5.74, 6) is -3.12. The van der Waals surface area contributed by atoms with Gasteiger partial charge in [-0.25, -0.2) is 4.79 Å². The summed E-state index contributed by atoms with van der Waals surface area (Å²) < 4.78 is 0. The number of allylic oxidation sites excluding steroid dienone is 1. The number of rotatable bonds is 5. The van der Waals surface area contributed by atoms with E-state index in [-0.39, 0.29) is 5.69 Å². The highest BCUT2D eigenvalue weighted by atomic mass is 32.2. The Balaban J connectivity index is 2.11. The van der Waals surface area contributed by atoms with Crippen molar-refractivity contribution in [1.82, 2.24) is 4.98 Å². The molecule has 2 rings (SSSR count). The topological polar surface area (TPSA) is 90.4 Å². The minimum atomic E-state index is -1.54. The Kier molecular flexibility index (Phi) is 4.27. The van der Waals surface area contributed by atoms with Crippen LogP contribution in [0.5, 0.6) is 0 Å². The van der Waals surface area contributed by atoms with Crippen LogP contribution in [0.3, 0.4) is 0 Å². The molecule has 0 unspecified atom stereocenters. The van der Waals surface area contributed by atoms with Crippen molar-refractivity contribution in [3.8, 4) is 0 Å². The number of benzene rings is 1. The molecular formula is C14H11NO4S. The molecule has 1 heterocycles. The van der Waals surface area contributed by atoms with E-state index in [1.54, 1.807) is 12.1 Å². The van der Waals surface area contributed by atoms with E-state index >= 15 is 0 Å². The van der Waals surface area contributed by atoms with Crippen LogP contribution in [0.2, 0.25) is 0 Å². The molecule has 5 nitrogen and oxygen atoms in total. The van der Waals surface area contributed by atoms with E-state index in [1.807, 2.05) is 30.3 Å². The molecule has 0 radical (unpaired) electrons. The molecule has 2 aromatic rings. The van der Waals surface area contributed by atoms with Crippen LogP contribution in [0.1, 0.15) is 10.5 Å². The molecule has 0 bridgehead atoms. The number of ketones is 1. The molecule has 20 heavy (non-hydrogen) atoms. The lowest BCUT2D eigenvalue weighted by Crippen LogP contribution is -2.04. The first-order valence-electron chi connectivity index (χ1n) is 5.66. The number of aliphatic hydroxyl groups is 1. The van der Waals surface area contributed by atoms with Crippen molar-refractivity contribution in [1.29, 1.82) is 0 Å². The van der Waals surface area contributed by atoms with Crippen LogP contribution >= 0.6 is 11.8 Å². The van der Waals surface area contributed by atoms with Crippen LogP contribution in [0.25, 0.3) is 0 Å². The van der Waals surface area contributed by atoms with Gasteiger partial charge in [0.05, 0.1) is 10.7 Å². The van der Waals surface area contributed by atoms with Gasteiger partial charge in [-0.2, -0.15) is 0 Å². The number of aromatic nitrogens is 1. The Labute approximate surface area is 119 Å². The Morgan fingerprint density at radius 3 is 2.40 bits per heavy atom. The van der Waals surface area contributed by atoms with Crippen LogP contribution in [-0.4, -0.2) is 26.9 Å². The second-order valence-electron chi connectivity index (χ2n) is 3.85. The molecule has 0 aliphatic heterocycles. The fraction of sp³-hybridized carbons (Fsp3) is 0. The maximum atomic E-state index is 11.7. The Hall–Kier alpha value is -2.47. The molecule has 1 aromatic heterocycles. The first-order valence-corrected chi connectivity index (χ1v) is 6.48. The number of aliphatic hydroxyl groups excluding tert-OH is 1. The van der Waals surface area contributed by atoms with Gasteiger partial charge < -0.3 is 15.2 Å². The van der Waals surface area contributed by atoms with Crippen molar-refractivity contribution in [2.45, 2.75) is 9.92 Å². The fourth-order valence-electron chi connectivity index (χ4n) is 1.46. The molecule has 0 fully saturated rings. The summed E-state index contributed by atoms with van der Waals surface area (Å²) in [5, 5.41) is 18.3. The Morgan fingerprint density at radius 2 is 1.75 bits per heavy atom. The van der Waals surface area contributed by atoms with Crippen molar-refractivity contribution >= 4 is 23.5 Å². The number of aliphatic carboxylic acids is 1. The first kappa shape index (κ1) is 14.0. The lowest BCUT2D eigenvalue weighted by molar-refractivity contribution is -0.135. The summed E-state index contributed by atoms with van der Waals surface area (Å²) in [5.41, 5.74) is 0.219. The summed E-state index contributed by atoms with van der Waals surface area (Å²) in [7, 11) is 0. The summed E-state index contributed by atoms with van der Waals surface area (Å²) in [4.78, 5) is 26.0. The quantitative estimate of drug-likeness (QED) is 0.447. The van der Waals surface area contributed by atoms with E-state index in [0.717, 1.165) is 9.92 Å². The Bertz CT molecular complexity index is 661. The number of hydrogen-bond donors (Lipinski definition) is 3. The van der Waals surface area contributed by atoms with Gasteiger partial charge in [-0.3, -0.25) is 4.79 Å². The molecule has 1 aromatic carbocycles. The van der Waals surface area contributed by atoms with Crippen LogP contribution in [0, 0.1) is 0 Å². The zero-order valence-electron chi connectivity index (χ0n) is 10.2. The van der Waals surface area contributed by atoms with Gasteiger partial charge in [0.25, 0.3) is 0 Å². The van der Waals surface area contributed by atoms with Gasteiger partial charge >= 0.3 is 5.97 Å². The number of hydrogen-bond acceptors (Lipinski definition) is 4. The molecule has 0 saturated heterocycles.